The molecule has 0 fully saturated rings. The van der Waals surface area contributed by atoms with Gasteiger partial charge in [-0.25, -0.2) is 8.78 Å². The van der Waals surface area contributed by atoms with Gasteiger partial charge in [0.2, 0.25) is 0 Å². The summed E-state index contributed by atoms with van der Waals surface area (Å²) >= 11 is 0. The molecule has 0 saturated carbocycles. The molecule has 1 N–H and O–H groups in total. The van der Waals surface area contributed by atoms with Crippen molar-refractivity contribution in [3.05, 3.63) is 59.7 Å². The van der Waals surface area contributed by atoms with Crippen molar-refractivity contribution in [2.45, 2.75) is 19.9 Å². The Bertz CT molecular complexity index is 549. The average Bonchev–Trinajstić information content (AvgIpc) is 2.41. The second-order valence-electron chi connectivity index (χ2n) is 4.53. The Kier molecular flexibility index (Phi) is 4.27. The maximum Gasteiger partial charge on any atom is 0.131 e. The number of rotatable bonds is 4. The lowest BCUT2D eigenvalue weighted by Crippen LogP contribution is -2.17. The van der Waals surface area contributed by atoms with E-state index in [9.17, 15) is 8.78 Å². The SMILES string of the molecule is CCNC(C)c1ccc(F)c(-c2ccc(F)cc2)c1. The second-order valence-corrected chi connectivity index (χ2v) is 4.53. The molecule has 100 valence electrons. The fourth-order valence-electron chi connectivity index (χ4n) is 2.09. The van der Waals surface area contributed by atoms with Crippen molar-refractivity contribution >= 4 is 0 Å². The predicted octanol–water partition coefficient (Wildman–Crippen LogP) is 4.30. The van der Waals surface area contributed by atoms with Gasteiger partial charge in [0.1, 0.15) is 11.6 Å². The summed E-state index contributed by atoms with van der Waals surface area (Å²) in [5.41, 5.74) is 2.20. The van der Waals surface area contributed by atoms with Gasteiger partial charge in [0.25, 0.3) is 0 Å². The summed E-state index contributed by atoms with van der Waals surface area (Å²) in [5.74, 6) is -0.611. The first-order valence-corrected chi connectivity index (χ1v) is 6.40. The molecule has 0 aliphatic rings. The summed E-state index contributed by atoms with van der Waals surface area (Å²) in [7, 11) is 0. The first kappa shape index (κ1) is 13.7. The van der Waals surface area contributed by atoms with Crippen LogP contribution in [0.4, 0.5) is 8.78 Å². The maximum atomic E-state index is 13.9. The summed E-state index contributed by atoms with van der Waals surface area (Å²) < 4.78 is 26.8. The van der Waals surface area contributed by atoms with E-state index in [2.05, 4.69) is 5.32 Å². The van der Waals surface area contributed by atoms with E-state index in [-0.39, 0.29) is 17.7 Å². The molecule has 0 spiro atoms. The summed E-state index contributed by atoms with van der Waals surface area (Å²) in [4.78, 5) is 0. The Hall–Kier alpha value is -1.74. The van der Waals surface area contributed by atoms with Crippen LogP contribution < -0.4 is 5.32 Å². The number of hydrogen-bond donors (Lipinski definition) is 1. The Labute approximate surface area is 112 Å². The quantitative estimate of drug-likeness (QED) is 0.865. The van der Waals surface area contributed by atoms with Crippen molar-refractivity contribution in [3.63, 3.8) is 0 Å². The van der Waals surface area contributed by atoms with Gasteiger partial charge >= 0.3 is 0 Å². The fraction of sp³-hybridized carbons (Fsp3) is 0.250. The summed E-state index contributed by atoms with van der Waals surface area (Å²) in [6.45, 7) is 4.91. The third-order valence-corrected chi connectivity index (χ3v) is 3.16. The van der Waals surface area contributed by atoms with Crippen LogP contribution in [0.2, 0.25) is 0 Å². The van der Waals surface area contributed by atoms with Crippen LogP contribution in [0.1, 0.15) is 25.5 Å². The van der Waals surface area contributed by atoms with Crippen molar-refractivity contribution in [2.75, 3.05) is 6.54 Å². The van der Waals surface area contributed by atoms with Gasteiger partial charge in [-0.1, -0.05) is 25.1 Å². The number of nitrogens with one attached hydrogen (secondary N) is 1. The van der Waals surface area contributed by atoms with Gasteiger partial charge in [0, 0.05) is 11.6 Å². The molecular formula is C16H17F2N. The first-order valence-electron chi connectivity index (χ1n) is 6.40. The lowest BCUT2D eigenvalue weighted by molar-refractivity contribution is 0.592. The van der Waals surface area contributed by atoms with Crippen LogP contribution in [0.25, 0.3) is 11.1 Å². The zero-order valence-corrected chi connectivity index (χ0v) is 11.1. The molecule has 0 saturated heterocycles. The lowest BCUT2D eigenvalue weighted by atomic mass is 9.99. The van der Waals surface area contributed by atoms with Crippen LogP contribution >= 0.6 is 0 Å². The zero-order valence-electron chi connectivity index (χ0n) is 11.1. The highest BCUT2D eigenvalue weighted by Gasteiger charge is 2.10. The van der Waals surface area contributed by atoms with Gasteiger partial charge < -0.3 is 5.32 Å². The molecule has 0 heterocycles. The van der Waals surface area contributed by atoms with Crippen molar-refractivity contribution in [1.82, 2.24) is 5.32 Å². The summed E-state index contributed by atoms with van der Waals surface area (Å²) in [6.07, 6.45) is 0. The van der Waals surface area contributed by atoms with E-state index in [4.69, 9.17) is 0 Å². The molecule has 19 heavy (non-hydrogen) atoms. The van der Waals surface area contributed by atoms with Crippen LogP contribution in [0.5, 0.6) is 0 Å². The molecule has 1 nitrogen and oxygen atoms in total. The molecule has 0 aliphatic carbocycles. The number of benzene rings is 2. The second kappa shape index (κ2) is 5.93. The highest BCUT2D eigenvalue weighted by atomic mass is 19.1. The van der Waals surface area contributed by atoms with Crippen LogP contribution in [-0.4, -0.2) is 6.54 Å². The number of hydrogen-bond acceptors (Lipinski definition) is 1. The van der Waals surface area contributed by atoms with Gasteiger partial charge in [-0.15, -0.1) is 0 Å². The standard InChI is InChI=1S/C16H17F2N/c1-3-19-11(2)13-6-9-16(18)15(10-13)12-4-7-14(17)8-5-12/h4-11,19H,3H2,1-2H3. The molecule has 0 amide bonds. The maximum absolute atomic E-state index is 13.9. The molecule has 2 aromatic carbocycles. The van der Waals surface area contributed by atoms with E-state index in [1.807, 2.05) is 19.9 Å². The largest absolute Gasteiger partial charge is 0.310 e. The number of halogens is 2. The Balaban J connectivity index is 2.39. The van der Waals surface area contributed by atoms with Gasteiger partial charge in [-0.3, -0.25) is 0 Å². The smallest absolute Gasteiger partial charge is 0.131 e. The first-order chi connectivity index (χ1) is 9.11. The molecule has 1 atom stereocenters. The van der Waals surface area contributed by atoms with Gasteiger partial charge in [-0.2, -0.15) is 0 Å². The topological polar surface area (TPSA) is 12.0 Å². The molecule has 2 rings (SSSR count). The van der Waals surface area contributed by atoms with E-state index in [0.29, 0.717) is 11.1 Å². The molecular weight excluding hydrogens is 244 g/mol. The Morgan fingerprint density at radius 3 is 2.37 bits per heavy atom. The van der Waals surface area contributed by atoms with Gasteiger partial charge in [0.15, 0.2) is 0 Å². The van der Waals surface area contributed by atoms with E-state index in [0.717, 1.165) is 12.1 Å². The summed E-state index contributed by atoms with van der Waals surface area (Å²) in [5, 5.41) is 3.29. The molecule has 0 aliphatic heterocycles. The minimum Gasteiger partial charge on any atom is -0.310 e. The lowest BCUT2D eigenvalue weighted by Gasteiger charge is -2.14. The zero-order chi connectivity index (χ0) is 13.8. The molecule has 0 radical (unpaired) electrons. The minimum absolute atomic E-state index is 0.157. The molecule has 3 heteroatoms. The van der Waals surface area contributed by atoms with Crippen molar-refractivity contribution in [2.24, 2.45) is 0 Å². The molecule has 0 aromatic heterocycles. The molecule has 0 bridgehead atoms. The third-order valence-electron chi connectivity index (χ3n) is 3.16. The van der Waals surface area contributed by atoms with Gasteiger partial charge in [-0.05, 0) is 48.9 Å². The van der Waals surface area contributed by atoms with Crippen molar-refractivity contribution < 1.29 is 8.78 Å². The normalized spacial score (nSPS) is 12.4. The predicted molar refractivity (Wildman–Crippen MR) is 73.9 cm³/mol. The molecule has 2 aromatic rings. The highest BCUT2D eigenvalue weighted by molar-refractivity contribution is 5.65. The van der Waals surface area contributed by atoms with Gasteiger partial charge in [0.05, 0.1) is 0 Å². The van der Waals surface area contributed by atoms with Crippen LogP contribution in [0, 0.1) is 11.6 Å². The average molecular weight is 261 g/mol. The van der Waals surface area contributed by atoms with Crippen molar-refractivity contribution in [1.29, 1.82) is 0 Å². The van der Waals surface area contributed by atoms with E-state index >= 15 is 0 Å². The minimum atomic E-state index is -0.318. The van der Waals surface area contributed by atoms with Crippen molar-refractivity contribution in [3.8, 4) is 11.1 Å². The van der Waals surface area contributed by atoms with Crippen LogP contribution in [-0.2, 0) is 0 Å². The van der Waals surface area contributed by atoms with E-state index in [1.54, 1.807) is 18.2 Å². The fourth-order valence-corrected chi connectivity index (χ4v) is 2.09. The van der Waals surface area contributed by atoms with Crippen LogP contribution in [0.3, 0.4) is 0 Å². The van der Waals surface area contributed by atoms with E-state index in [1.165, 1.54) is 18.2 Å². The highest BCUT2D eigenvalue weighted by Crippen LogP contribution is 2.26. The van der Waals surface area contributed by atoms with E-state index < -0.39 is 0 Å². The Morgan fingerprint density at radius 1 is 1.05 bits per heavy atom. The third kappa shape index (κ3) is 3.18. The Morgan fingerprint density at radius 2 is 1.74 bits per heavy atom. The summed E-state index contributed by atoms with van der Waals surface area (Å²) in [6, 6.07) is 11.1. The monoisotopic (exact) mass is 261 g/mol. The molecule has 1 unspecified atom stereocenters. The van der Waals surface area contributed by atoms with Crippen LogP contribution in [0.15, 0.2) is 42.5 Å².